The van der Waals surface area contributed by atoms with Crippen LogP contribution in [-0.2, 0) is 9.47 Å². The van der Waals surface area contributed by atoms with Gasteiger partial charge in [-0.2, -0.15) is 119 Å². The van der Waals surface area contributed by atoms with Crippen LogP contribution >= 0.6 is 0 Å². The topological polar surface area (TPSA) is 586 Å². The minimum Gasteiger partial charge on any atom is -0.386 e. The third-order valence-electron chi connectivity index (χ3n) is 19.2. The van der Waals surface area contributed by atoms with Crippen molar-refractivity contribution in [1.29, 1.82) is 89.5 Å². The van der Waals surface area contributed by atoms with E-state index in [1.54, 1.807) is 140 Å². The third-order valence-corrected chi connectivity index (χ3v) is 19.2. The molecule has 0 saturated heterocycles. The zero-order chi connectivity index (χ0) is 94.3. The van der Waals surface area contributed by atoms with Crippen LogP contribution in [0.1, 0.15) is 68.5 Å². The molecule has 0 saturated carbocycles. The second-order valence-corrected chi connectivity index (χ2v) is 26.0. The number of ether oxygens (including phenoxy) is 2. The summed E-state index contributed by atoms with van der Waals surface area (Å²) in [4.78, 5) is 83.6. The van der Waals surface area contributed by atoms with Crippen LogP contribution < -0.4 is 31.3 Å². The number of aliphatic imine (C=N–C) groups is 6. The lowest BCUT2D eigenvalue weighted by Crippen LogP contribution is -2.47. The molecule has 6 aliphatic rings. The number of benzene rings is 11. The SMILES string of the molecule is N#CC(C#N)=C1c2ccccc2C(=O)c2ccccc21.N#CC(C#N)=c1c(F)c(F)c2c(F)c(=C(C#N)C#N)c(F)c(F)c2c1F.N#CC(C#N)=c1c2ccccc2c(=C(C#N)C#N)c2ccccc12.N#CC(C#N)=c1ccc(=c2ccc(=C(C#N)C#N)cc2)cc1.N#CC1=NC2=NC(C#N)=NC3=NC(C#N)=NC(=N1)N23.O=C1OC(=O)c2ccc3c4c(ccc1c24)C(=O)OC3=O. The van der Waals surface area contributed by atoms with E-state index in [1.165, 1.54) is 29.2 Å². The van der Waals surface area contributed by atoms with Gasteiger partial charge in [0.2, 0.25) is 35.4 Å². The fourth-order valence-corrected chi connectivity index (χ4v) is 13.6. The first-order chi connectivity index (χ1) is 63.3. The number of nitrogens with zero attached hydrogens (tertiary/aromatic N) is 24. The predicted molar refractivity (Wildman–Crippen MR) is 442 cm³/mol. The minimum absolute atomic E-state index is 0.00409. The Morgan fingerprint density at radius 1 is 0.252 bits per heavy atom. The molecule has 5 heterocycles. The zero-order valence-electron chi connectivity index (χ0n) is 65.0. The zero-order valence-corrected chi connectivity index (χ0v) is 65.0. The monoisotopic (exact) mass is 1720 g/mol. The van der Waals surface area contributed by atoms with Crippen LogP contribution in [0.5, 0.6) is 0 Å². The number of amidine groups is 3. The molecule has 0 fully saturated rings. The standard InChI is InChI=1S/C20H8N4.C18H8N4.C17H8N2O.C16F6N4.C14H4O6.C9N10/c21-9-13(10-22)19-15-5-1-2-6-16(15)20(14(11-23)12-24)18-8-4-3-7-17(18)19;19-9-17(10-20)15-5-1-13(2-6-15)14-3-7-16(8-4-14)18(11-21)12-22;18-9-11(10-19)16-12-5-1-3-7-14(12)17(20)15-8-4-2-6-13(15)16;17-11-7(5(1-23)2-24)13(19)15(21)10-9(11)16(22)14(20)8(12(10)18)6(3-25)4-26;15-11-5-1-2-6-10-8(14(18)20-12(6)16)4-3-7(9(5)10)13(17)19-11;10-1-4-13-7-15-5(2-11)17-9-18-6(3-12)16-8(14-4)19(7)9/h1-8H;1-8H;1-8H;;1-4H;. The number of hydrogen-bond donors (Lipinski definition) is 0. The Morgan fingerprint density at radius 2 is 0.504 bits per heavy atom. The number of fused-ring (bicyclic) bond motifs is 5. The number of cyclic esters (lactones) is 4. The van der Waals surface area contributed by atoms with Gasteiger partial charge in [0, 0.05) is 48.3 Å². The molecule has 31 nitrogen and oxygen atoms in total. The van der Waals surface area contributed by atoms with Crippen molar-refractivity contribution in [2.75, 3.05) is 0 Å². The molecule has 11 aromatic carbocycles. The van der Waals surface area contributed by atoms with Crippen molar-refractivity contribution in [2.45, 2.75) is 0 Å². The number of esters is 4. The Labute approximate surface area is 727 Å². The number of ketones is 1. The molecule has 0 bridgehead atoms. The van der Waals surface area contributed by atoms with Crippen LogP contribution in [0.3, 0.4) is 0 Å². The Hall–Kier alpha value is -21.9. The fourth-order valence-electron chi connectivity index (χ4n) is 13.6. The van der Waals surface area contributed by atoms with Gasteiger partial charge in [0.05, 0.1) is 43.5 Å². The average Bonchev–Trinajstić information content (AvgIpc) is 0.730. The molecule has 608 valence electrons. The van der Waals surface area contributed by atoms with Gasteiger partial charge in [-0.1, -0.05) is 146 Å². The van der Waals surface area contributed by atoms with Crippen LogP contribution in [-0.4, -0.2) is 69.9 Å². The van der Waals surface area contributed by atoms with Crippen molar-refractivity contribution in [1.82, 2.24) is 4.90 Å². The van der Waals surface area contributed by atoms with Crippen LogP contribution in [0.4, 0.5) is 26.3 Å². The Bertz CT molecular complexity index is 8060. The Morgan fingerprint density at radius 3 is 0.763 bits per heavy atom. The van der Waals surface area contributed by atoms with Crippen molar-refractivity contribution in [3.8, 4) is 103 Å². The molecule has 17 rings (SSSR count). The molecule has 0 aromatic heterocycles. The molecule has 131 heavy (non-hydrogen) atoms. The number of halogens is 6. The van der Waals surface area contributed by atoms with E-state index in [0.717, 1.165) is 34.7 Å². The highest BCUT2D eigenvalue weighted by Gasteiger charge is 2.38. The third kappa shape index (κ3) is 16.2. The first-order valence-electron chi connectivity index (χ1n) is 36.1. The van der Waals surface area contributed by atoms with Crippen molar-refractivity contribution in [3.05, 3.63) is 297 Å². The van der Waals surface area contributed by atoms with Crippen LogP contribution in [0, 0.1) is 238 Å². The molecule has 0 amide bonds. The molecule has 1 aliphatic carbocycles. The number of carbonyl (C=O) groups is 5. The summed E-state index contributed by atoms with van der Waals surface area (Å²) in [5.74, 6) is -16.7. The van der Waals surface area contributed by atoms with Gasteiger partial charge in [0.15, 0.2) is 29.1 Å². The van der Waals surface area contributed by atoms with Crippen LogP contribution in [0.15, 0.2) is 205 Å². The molecule has 11 aromatic rings. The summed E-state index contributed by atoms with van der Waals surface area (Å²) in [5, 5.41) is 153. The molecule has 0 spiro atoms. The fraction of sp³-hybridized carbons (Fsp3) is 0. The maximum atomic E-state index is 14.4. The summed E-state index contributed by atoms with van der Waals surface area (Å²) in [7, 11) is 0. The van der Waals surface area contributed by atoms with Gasteiger partial charge >= 0.3 is 23.9 Å². The molecule has 0 radical (unpaired) electrons. The minimum atomic E-state index is -2.23. The van der Waals surface area contributed by atoms with E-state index in [4.69, 9.17) is 57.9 Å². The highest BCUT2D eigenvalue weighted by Crippen LogP contribution is 2.39. The Kier molecular flexibility index (Phi) is 25.5. The van der Waals surface area contributed by atoms with Gasteiger partial charge in [-0.05, 0) is 67.4 Å². The maximum Gasteiger partial charge on any atom is 0.346 e. The van der Waals surface area contributed by atoms with E-state index >= 15 is 0 Å². The Balaban J connectivity index is 0.000000142. The van der Waals surface area contributed by atoms with Crippen molar-refractivity contribution < 1.29 is 59.8 Å². The number of allylic oxidation sites excluding steroid dienone is 1. The lowest BCUT2D eigenvalue weighted by molar-refractivity contribution is 0.0366. The molecule has 37 heteroatoms. The summed E-state index contributed by atoms with van der Waals surface area (Å²) < 4.78 is 94.6. The number of guanidine groups is 3. The second kappa shape index (κ2) is 37.8. The number of carbonyl (C=O) groups excluding carboxylic acids is 5. The highest BCUT2D eigenvalue weighted by atomic mass is 19.2. The van der Waals surface area contributed by atoms with Crippen molar-refractivity contribution in [2.24, 2.45) is 30.0 Å². The normalized spacial score (nSPS) is 12.2. The maximum absolute atomic E-state index is 14.4. The van der Waals surface area contributed by atoms with E-state index in [0.29, 0.717) is 70.2 Å². The smallest absolute Gasteiger partial charge is 0.346 e. The lowest BCUT2D eigenvalue weighted by atomic mass is 9.79. The van der Waals surface area contributed by atoms with E-state index in [1.807, 2.05) is 85.0 Å². The summed E-state index contributed by atoms with van der Waals surface area (Å²) in [5.41, 5.74) is 1.10. The lowest BCUT2D eigenvalue weighted by Gasteiger charge is -2.27. The van der Waals surface area contributed by atoms with Gasteiger partial charge in [0.1, 0.15) is 154 Å². The summed E-state index contributed by atoms with van der Waals surface area (Å²) in [6.07, 6.45) is 0. The summed E-state index contributed by atoms with van der Waals surface area (Å²) in [6, 6.07) is 76.7. The van der Waals surface area contributed by atoms with Crippen LogP contribution in [0.25, 0.3) is 82.1 Å². The average molecular weight is 1720 g/mol. The summed E-state index contributed by atoms with van der Waals surface area (Å²) in [6.45, 7) is 0. The number of nitriles is 17. The molecular weight excluding hydrogens is 1690 g/mol. The second-order valence-electron chi connectivity index (χ2n) is 26.0. The van der Waals surface area contributed by atoms with E-state index in [9.17, 15) is 81.9 Å². The van der Waals surface area contributed by atoms with Gasteiger partial charge in [-0.25, -0.2) is 50.4 Å². The molecule has 5 aliphatic heterocycles. The van der Waals surface area contributed by atoms with E-state index in [-0.39, 0.29) is 102 Å². The molecule has 0 N–H and O–H groups in total. The number of hydrogen-bond acceptors (Lipinski definition) is 31. The molecule has 0 unspecified atom stereocenters. The van der Waals surface area contributed by atoms with E-state index < -0.39 is 91.1 Å². The van der Waals surface area contributed by atoms with E-state index in [2.05, 4.69) is 39.4 Å². The van der Waals surface area contributed by atoms with Gasteiger partial charge in [-0.15, -0.1) is 0 Å². The van der Waals surface area contributed by atoms with Gasteiger partial charge < -0.3 is 9.47 Å². The largest absolute Gasteiger partial charge is 0.386 e. The summed E-state index contributed by atoms with van der Waals surface area (Å²) >= 11 is 0. The van der Waals surface area contributed by atoms with Crippen LogP contribution in [0.2, 0.25) is 0 Å². The molecular formula is C94H28F6N24O7. The van der Waals surface area contributed by atoms with Crippen molar-refractivity contribution >= 4 is 147 Å². The predicted octanol–water partition coefficient (Wildman–Crippen LogP) is 9.53. The first-order valence-corrected chi connectivity index (χ1v) is 36.1. The quantitative estimate of drug-likeness (QED) is 0.0340. The van der Waals surface area contributed by atoms with Crippen molar-refractivity contribution in [3.63, 3.8) is 0 Å². The number of rotatable bonds is 0. The molecule has 0 atom stereocenters. The highest BCUT2D eigenvalue weighted by molar-refractivity contribution is 6.34. The van der Waals surface area contributed by atoms with Gasteiger partial charge in [0.25, 0.3) is 0 Å². The van der Waals surface area contributed by atoms with Gasteiger partial charge in [-0.3, -0.25) is 4.79 Å². The first kappa shape index (κ1) is 88.4.